The zero-order chi connectivity index (χ0) is 16.7. The molecule has 23 heavy (non-hydrogen) atoms. The van der Waals surface area contributed by atoms with Gasteiger partial charge in [-0.3, -0.25) is 4.90 Å². The summed E-state index contributed by atoms with van der Waals surface area (Å²) in [5.74, 6) is 0.162. The largest absolute Gasteiger partial charge is 0.508 e. The Morgan fingerprint density at radius 3 is 2.43 bits per heavy atom. The van der Waals surface area contributed by atoms with E-state index in [1.807, 2.05) is 43.3 Å². The van der Waals surface area contributed by atoms with Crippen molar-refractivity contribution in [3.8, 4) is 5.75 Å². The van der Waals surface area contributed by atoms with Crippen LogP contribution < -0.4 is 0 Å². The number of carbonyl (C=O) groups is 1. The summed E-state index contributed by atoms with van der Waals surface area (Å²) in [4.78, 5) is 13.9. The molecule has 2 aromatic rings. The first-order chi connectivity index (χ1) is 11.1. The first-order valence-corrected chi connectivity index (χ1v) is 7.43. The third-order valence-electron chi connectivity index (χ3n) is 3.28. The highest BCUT2D eigenvalue weighted by molar-refractivity contribution is 5.68. The van der Waals surface area contributed by atoms with Gasteiger partial charge < -0.3 is 9.84 Å². The summed E-state index contributed by atoms with van der Waals surface area (Å²) < 4.78 is 5.37. The summed E-state index contributed by atoms with van der Waals surface area (Å²) in [5.41, 5.74) is 2.45. The number of rotatable bonds is 6. The molecule has 120 valence electrons. The highest BCUT2D eigenvalue weighted by Crippen LogP contribution is 2.19. The Morgan fingerprint density at radius 2 is 1.78 bits per heavy atom. The second-order valence-electron chi connectivity index (χ2n) is 5.48. The van der Waals surface area contributed by atoms with Gasteiger partial charge in [0.15, 0.2) is 0 Å². The van der Waals surface area contributed by atoms with E-state index < -0.39 is 6.09 Å². The van der Waals surface area contributed by atoms with Crippen molar-refractivity contribution >= 4 is 6.09 Å². The van der Waals surface area contributed by atoms with Crippen LogP contribution in [0.4, 0.5) is 4.79 Å². The molecule has 0 atom stereocenters. The van der Waals surface area contributed by atoms with E-state index in [4.69, 9.17) is 4.74 Å². The highest BCUT2D eigenvalue weighted by atomic mass is 16.6. The number of nitrogens with zero attached hydrogens (tertiary/aromatic N) is 1. The second kappa shape index (κ2) is 8.03. The minimum absolute atomic E-state index is 0.162. The summed E-state index contributed by atoms with van der Waals surface area (Å²) >= 11 is 0. The minimum atomic E-state index is -0.430. The highest BCUT2D eigenvalue weighted by Gasteiger charge is 2.17. The van der Waals surface area contributed by atoms with Crippen LogP contribution in [-0.4, -0.2) is 22.6 Å². The molecule has 2 rings (SSSR count). The van der Waals surface area contributed by atoms with Crippen molar-refractivity contribution in [1.29, 1.82) is 0 Å². The van der Waals surface area contributed by atoms with Crippen LogP contribution in [0.15, 0.2) is 66.7 Å². The normalized spacial score (nSPS) is 10.1. The maximum Gasteiger partial charge on any atom is 0.410 e. The predicted molar refractivity (Wildman–Crippen MR) is 90.0 cm³/mol. The third-order valence-corrected chi connectivity index (χ3v) is 3.28. The van der Waals surface area contributed by atoms with E-state index >= 15 is 0 Å². The van der Waals surface area contributed by atoms with Crippen LogP contribution >= 0.6 is 0 Å². The molecule has 1 N–H and O–H groups in total. The lowest BCUT2D eigenvalue weighted by atomic mass is 10.2. The molecule has 0 saturated carbocycles. The average molecular weight is 311 g/mol. The number of phenolic OH excluding ortho intramolecular Hbond substituents is 1. The van der Waals surface area contributed by atoms with E-state index in [1.165, 1.54) is 4.90 Å². The van der Waals surface area contributed by atoms with E-state index in [9.17, 15) is 9.90 Å². The van der Waals surface area contributed by atoms with E-state index in [-0.39, 0.29) is 18.9 Å². The number of amides is 1. The number of benzene rings is 2. The lowest BCUT2D eigenvalue weighted by Gasteiger charge is -2.22. The van der Waals surface area contributed by atoms with Gasteiger partial charge in [0.05, 0.1) is 6.54 Å². The zero-order valence-corrected chi connectivity index (χ0v) is 13.2. The van der Waals surface area contributed by atoms with E-state index in [1.54, 1.807) is 18.2 Å². The standard InChI is InChI=1S/C19H21NO3/c1-15(2)12-20(13-17-10-6-7-11-18(17)21)19(22)23-14-16-8-4-3-5-9-16/h3-11,21H,1,12-14H2,2H3. The van der Waals surface area contributed by atoms with Crippen molar-refractivity contribution in [1.82, 2.24) is 4.90 Å². The molecule has 4 heteroatoms. The number of ether oxygens (including phenoxy) is 1. The lowest BCUT2D eigenvalue weighted by molar-refractivity contribution is 0.0967. The number of hydrogen-bond acceptors (Lipinski definition) is 3. The molecule has 0 unspecified atom stereocenters. The van der Waals surface area contributed by atoms with Gasteiger partial charge in [0, 0.05) is 12.1 Å². The average Bonchev–Trinajstić information content (AvgIpc) is 2.54. The van der Waals surface area contributed by atoms with Crippen molar-refractivity contribution < 1.29 is 14.6 Å². The van der Waals surface area contributed by atoms with Gasteiger partial charge in [-0.2, -0.15) is 0 Å². The van der Waals surface area contributed by atoms with E-state index in [0.29, 0.717) is 12.1 Å². The molecule has 0 spiro atoms. The molecule has 0 saturated heterocycles. The van der Waals surface area contributed by atoms with Gasteiger partial charge in [0.1, 0.15) is 12.4 Å². The number of aromatic hydroxyl groups is 1. The molecule has 0 aliphatic carbocycles. The first-order valence-electron chi connectivity index (χ1n) is 7.43. The van der Waals surface area contributed by atoms with Crippen molar-refractivity contribution in [2.24, 2.45) is 0 Å². The van der Waals surface area contributed by atoms with Crippen LogP contribution in [0.3, 0.4) is 0 Å². The Labute approximate surface area is 136 Å². The summed E-state index contributed by atoms with van der Waals surface area (Å²) in [5, 5.41) is 9.88. The van der Waals surface area contributed by atoms with Gasteiger partial charge in [-0.25, -0.2) is 4.79 Å². The van der Waals surface area contributed by atoms with Crippen molar-refractivity contribution in [3.63, 3.8) is 0 Å². The molecule has 0 bridgehead atoms. The van der Waals surface area contributed by atoms with Crippen LogP contribution in [0.2, 0.25) is 0 Å². The summed E-state index contributed by atoms with van der Waals surface area (Å²) in [6.07, 6.45) is -0.430. The Bertz CT molecular complexity index is 667. The maximum atomic E-state index is 12.3. The first kappa shape index (κ1) is 16.6. The number of para-hydroxylation sites is 1. The van der Waals surface area contributed by atoms with Gasteiger partial charge in [0.25, 0.3) is 0 Å². The smallest absolute Gasteiger partial charge is 0.410 e. The van der Waals surface area contributed by atoms with Crippen molar-refractivity contribution in [3.05, 3.63) is 77.9 Å². The topological polar surface area (TPSA) is 49.8 Å². The fourth-order valence-corrected chi connectivity index (χ4v) is 2.17. The number of hydrogen-bond donors (Lipinski definition) is 1. The Hall–Kier alpha value is -2.75. The quantitative estimate of drug-likeness (QED) is 0.817. The Morgan fingerprint density at radius 1 is 1.13 bits per heavy atom. The van der Waals surface area contributed by atoms with E-state index in [0.717, 1.165) is 11.1 Å². The second-order valence-corrected chi connectivity index (χ2v) is 5.48. The van der Waals surface area contributed by atoms with Gasteiger partial charge in [-0.1, -0.05) is 60.7 Å². The van der Waals surface area contributed by atoms with Crippen LogP contribution in [0.25, 0.3) is 0 Å². The lowest BCUT2D eigenvalue weighted by Crippen LogP contribution is -2.32. The number of phenols is 1. The van der Waals surface area contributed by atoms with Crippen LogP contribution in [0, 0.1) is 0 Å². The van der Waals surface area contributed by atoms with Crippen molar-refractivity contribution in [2.45, 2.75) is 20.1 Å². The Balaban J connectivity index is 2.03. The van der Waals surface area contributed by atoms with Crippen LogP contribution in [-0.2, 0) is 17.9 Å². The molecule has 0 aromatic heterocycles. The Kier molecular flexibility index (Phi) is 5.80. The molecule has 0 aliphatic rings. The van der Waals surface area contributed by atoms with Crippen molar-refractivity contribution in [2.75, 3.05) is 6.54 Å². The summed E-state index contributed by atoms with van der Waals surface area (Å²) in [7, 11) is 0. The maximum absolute atomic E-state index is 12.3. The molecule has 2 aromatic carbocycles. The minimum Gasteiger partial charge on any atom is -0.508 e. The molecule has 0 radical (unpaired) electrons. The SMILES string of the molecule is C=C(C)CN(Cc1ccccc1O)C(=O)OCc1ccccc1. The zero-order valence-electron chi connectivity index (χ0n) is 13.2. The molecule has 1 amide bonds. The van der Waals surface area contributed by atoms with Crippen LogP contribution in [0.5, 0.6) is 5.75 Å². The fraction of sp³-hybridized carbons (Fsp3) is 0.211. The van der Waals surface area contributed by atoms with Gasteiger partial charge in [-0.15, -0.1) is 0 Å². The van der Waals surface area contributed by atoms with E-state index in [2.05, 4.69) is 6.58 Å². The third kappa shape index (κ3) is 5.18. The molecule has 0 aliphatic heterocycles. The molecule has 4 nitrogen and oxygen atoms in total. The molecular weight excluding hydrogens is 290 g/mol. The fourth-order valence-electron chi connectivity index (χ4n) is 2.17. The van der Waals surface area contributed by atoms with Gasteiger partial charge in [-0.05, 0) is 18.6 Å². The predicted octanol–water partition coefficient (Wildman–Crippen LogP) is 4.11. The number of carbonyl (C=O) groups excluding carboxylic acids is 1. The monoisotopic (exact) mass is 311 g/mol. The molecular formula is C19H21NO3. The summed E-state index contributed by atoms with van der Waals surface area (Å²) in [6.45, 7) is 6.56. The molecule has 0 fully saturated rings. The van der Waals surface area contributed by atoms with Crippen LogP contribution in [0.1, 0.15) is 18.1 Å². The van der Waals surface area contributed by atoms with Gasteiger partial charge >= 0.3 is 6.09 Å². The van der Waals surface area contributed by atoms with Gasteiger partial charge in [0.2, 0.25) is 0 Å². The summed E-state index contributed by atoms with van der Waals surface area (Å²) in [6, 6.07) is 16.5. The molecule has 0 heterocycles.